The number of nitrogens with zero attached hydrogens (tertiary/aromatic N) is 3. The lowest BCUT2D eigenvalue weighted by atomic mass is 10.2. The summed E-state index contributed by atoms with van der Waals surface area (Å²) < 4.78 is 0. The molecule has 0 bridgehead atoms. The average Bonchev–Trinajstić information content (AvgIpc) is 2.54. The van der Waals surface area contributed by atoms with Crippen LogP contribution in [0.15, 0.2) is 48.8 Å². The second-order valence-electron chi connectivity index (χ2n) is 5.52. The number of urea groups is 1. The van der Waals surface area contributed by atoms with Crippen LogP contribution in [-0.2, 0) is 6.54 Å². The van der Waals surface area contributed by atoms with Gasteiger partial charge in [-0.2, -0.15) is 0 Å². The van der Waals surface area contributed by atoms with E-state index in [4.69, 9.17) is 11.6 Å². The molecule has 0 saturated heterocycles. The summed E-state index contributed by atoms with van der Waals surface area (Å²) in [5, 5.41) is 3.54. The molecule has 5 nitrogen and oxygen atoms in total. The van der Waals surface area contributed by atoms with Crippen molar-refractivity contribution in [1.82, 2.24) is 14.8 Å². The molecule has 0 saturated carbocycles. The van der Waals surface area contributed by atoms with Crippen LogP contribution in [0.25, 0.3) is 0 Å². The second kappa shape index (κ2) is 8.50. The first-order valence-electron chi connectivity index (χ1n) is 7.40. The van der Waals surface area contributed by atoms with Crippen LogP contribution < -0.4 is 5.32 Å². The molecule has 122 valence electrons. The normalized spacial score (nSPS) is 10.6. The van der Waals surface area contributed by atoms with E-state index in [-0.39, 0.29) is 6.03 Å². The number of anilines is 1. The average molecular weight is 333 g/mol. The van der Waals surface area contributed by atoms with Crippen LogP contribution in [0.2, 0.25) is 5.02 Å². The summed E-state index contributed by atoms with van der Waals surface area (Å²) in [6.07, 6.45) is 3.50. The Morgan fingerprint density at radius 1 is 1.17 bits per heavy atom. The first-order valence-corrected chi connectivity index (χ1v) is 7.77. The highest BCUT2D eigenvalue weighted by Crippen LogP contribution is 2.14. The summed E-state index contributed by atoms with van der Waals surface area (Å²) in [6.45, 7) is 1.93. The first kappa shape index (κ1) is 17.2. The number of rotatable bonds is 6. The minimum Gasteiger partial charge on any atom is -0.319 e. The predicted molar refractivity (Wildman–Crippen MR) is 93.7 cm³/mol. The number of likely N-dealkylation sites (N-methyl/N-ethyl adjacent to an activating group) is 1. The van der Waals surface area contributed by atoms with E-state index in [1.807, 2.05) is 31.1 Å². The Morgan fingerprint density at radius 3 is 2.52 bits per heavy atom. The van der Waals surface area contributed by atoms with Gasteiger partial charge in [0.05, 0.1) is 0 Å². The van der Waals surface area contributed by atoms with Gasteiger partial charge in [0.1, 0.15) is 0 Å². The van der Waals surface area contributed by atoms with Gasteiger partial charge in [0, 0.05) is 42.7 Å². The molecule has 1 aromatic heterocycles. The number of aromatic nitrogens is 1. The number of hydrogen-bond acceptors (Lipinski definition) is 3. The number of amides is 2. The minimum atomic E-state index is -0.141. The van der Waals surface area contributed by atoms with E-state index in [0.29, 0.717) is 18.1 Å². The molecule has 1 aromatic carbocycles. The Kier molecular flexibility index (Phi) is 6.38. The molecule has 0 aliphatic carbocycles. The SMILES string of the molecule is CN(C)CCN(Cc1cccnc1)C(=O)Nc1ccc(Cl)cc1. The number of carbonyl (C=O) groups excluding carboxylic acids is 1. The summed E-state index contributed by atoms with van der Waals surface area (Å²) in [7, 11) is 3.97. The molecular weight excluding hydrogens is 312 g/mol. The molecule has 0 aliphatic rings. The number of pyridine rings is 1. The van der Waals surface area contributed by atoms with Crippen molar-refractivity contribution in [2.45, 2.75) is 6.54 Å². The summed E-state index contributed by atoms with van der Waals surface area (Å²) in [5.74, 6) is 0. The number of hydrogen-bond donors (Lipinski definition) is 1. The number of carbonyl (C=O) groups is 1. The highest BCUT2D eigenvalue weighted by molar-refractivity contribution is 6.30. The standard InChI is InChI=1S/C17H21ClN4O/c1-21(2)10-11-22(13-14-4-3-9-19-12-14)17(23)20-16-7-5-15(18)6-8-16/h3-9,12H,10-11,13H2,1-2H3,(H,20,23). The third-order valence-electron chi connectivity index (χ3n) is 3.30. The molecule has 2 aromatic rings. The molecule has 0 unspecified atom stereocenters. The zero-order valence-electron chi connectivity index (χ0n) is 13.4. The van der Waals surface area contributed by atoms with E-state index < -0.39 is 0 Å². The number of nitrogens with one attached hydrogen (secondary N) is 1. The van der Waals surface area contributed by atoms with Gasteiger partial charge in [0.2, 0.25) is 0 Å². The Labute approximate surface area is 141 Å². The molecular formula is C17H21ClN4O. The van der Waals surface area contributed by atoms with Gasteiger partial charge in [-0.25, -0.2) is 4.79 Å². The van der Waals surface area contributed by atoms with Gasteiger partial charge < -0.3 is 15.1 Å². The summed E-state index contributed by atoms with van der Waals surface area (Å²) >= 11 is 5.87. The van der Waals surface area contributed by atoms with Crippen LogP contribution in [0.3, 0.4) is 0 Å². The summed E-state index contributed by atoms with van der Waals surface area (Å²) in [5.41, 5.74) is 1.72. The van der Waals surface area contributed by atoms with Crippen LogP contribution in [0, 0.1) is 0 Å². The van der Waals surface area contributed by atoms with Crippen molar-refractivity contribution in [3.63, 3.8) is 0 Å². The lowest BCUT2D eigenvalue weighted by Crippen LogP contribution is -2.39. The van der Waals surface area contributed by atoms with Crippen molar-refractivity contribution in [3.05, 3.63) is 59.4 Å². The van der Waals surface area contributed by atoms with Crippen molar-refractivity contribution in [1.29, 1.82) is 0 Å². The van der Waals surface area contributed by atoms with E-state index in [0.717, 1.165) is 17.8 Å². The molecule has 1 N–H and O–H groups in total. The molecule has 0 aliphatic heterocycles. The monoisotopic (exact) mass is 332 g/mol. The molecule has 2 amide bonds. The molecule has 23 heavy (non-hydrogen) atoms. The number of benzene rings is 1. The highest BCUT2D eigenvalue weighted by atomic mass is 35.5. The fourth-order valence-corrected chi connectivity index (χ4v) is 2.15. The van der Waals surface area contributed by atoms with Crippen molar-refractivity contribution >= 4 is 23.3 Å². The summed E-state index contributed by atoms with van der Waals surface area (Å²) in [6, 6.07) is 10.8. The van der Waals surface area contributed by atoms with E-state index in [1.165, 1.54) is 0 Å². The Bertz CT molecular complexity index is 616. The smallest absolute Gasteiger partial charge is 0.319 e. The van der Waals surface area contributed by atoms with Gasteiger partial charge in [0.25, 0.3) is 0 Å². The van der Waals surface area contributed by atoms with Crippen molar-refractivity contribution in [2.24, 2.45) is 0 Å². The first-order chi connectivity index (χ1) is 11.0. The van der Waals surface area contributed by atoms with Crippen LogP contribution in [0.1, 0.15) is 5.56 Å². The molecule has 2 rings (SSSR count). The van der Waals surface area contributed by atoms with Gasteiger partial charge in [-0.15, -0.1) is 0 Å². The lowest BCUT2D eigenvalue weighted by Gasteiger charge is -2.24. The maximum absolute atomic E-state index is 12.6. The lowest BCUT2D eigenvalue weighted by molar-refractivity contribution is 0.202. The molecule has 0 fully saturated rings. The molecule has 0 spiro atoms. The van der Waals surface area contributed by atoms with Gasteiger partial charge in [-0.05, 0) is 50.0 Å². The van der Waals surface area contributed by atoms with Crippen LogP contribution >= 0.6 is 11.6 Å². The Hall–Kier alpha value is -2.11. The zero-order chi connectivity index (χ0) is 16.7. The van der Waals surface area contributed by atoms with Gasteiger partial charge in [-0.1, -0.05) is 17.7 Å². The van der Waals surface area contributed by atoms with E-state index in [1.54, 1.807) is 41.6 Å². The van der Waals surface area contributed by atoms with Crippen LogP contribution in [-0.4, -0.2) is 48.0 Å². The number of halogens is 1. The van der Waals surface area contributed by atoms with Crippen molar-refractivity contribution < 1.29 is 4.79 Å². The zero-order valence-corrected chi connectivity index (χ0v) is 14.1. The molecule has 0 radical (unpaired) electrons. The molecule has 1 heterocycles. The molecule has 0 atom stereocenters. The summed E-state index contributed by atoms with van der Waals surface area (Å²) in [4.78, 5) is 20.5. The van der Waals surface area contributed by atoms with E-state index >= 15 is 0 Å². The van der Waals surface area contributed by atoms with E-state index in [2.05, 4.69) is 10.3 Å². The predicted octanol–water partition coefficient (Wildman–Crippen LogP) is 3.33. The fraction of sp³-hybridized carbons (Fsp3) is 0.294. The minimum absolute atomic E-state index is 0.141. The molecule has 6 heteroatoms. The Morgan fingerprint density at radius 2 is 1.91 bits per heavy atom. The van der Waals surface area contributed by atoms with E-state index in [9.17, 15) is 4.79 Å². The van der Waals surface area contributed by atoms with Gasteiger partial charge >= 0.3 is 6.03 Å². The maximum atomic E-state index is 12.6. The Balaban J connectivity index is 2.05. The largest absolute Gasteiger partial charge is 0.322 e. The van der Waals surface area contributed by atoms with Crippen molar-refractivity contribution in [3.8, 4) is 0 Å². The highest BCUT2D eigenvalue weighted by Gasteiger charge is 2.14. The van der Waals surface area contributed by atoms with Crippen molar-refractivity contribution in [2.75, 3.05) is 32.5 Å². The van der Waals surface area contributed by atoms with Gasteiger partial charge in [-0.3, -0.25) is 4.98 Å². The third kappa shape index (κ3) is 5.88. The van der Waals surface area contributed by atoms with Crippen LogP contribution in [0.4, 0.5) is 10.5 Å². The quantitative estimate of drug-likeness (QED) is 0.882. The van der Waals surface area contributed by atoms with Gasteiger partial charge in [0.15, 0.2) is 0 Å². The fourth-order valence-electron chi connectivity index (χ4n) is 2.02. The topological polar surface area (TPSA) is 48.5 Å². The maximum Gasteiger partial charge on any atom is 0.322 e. The van der Waals surface area contributed by atoms with Crippen LogP contribution in [0.5, 0.6) is 0 Å². The second-order valence-corrected chi connectivity index (χ2v) is 5.96. The third-order valence-corrected chi connectivity index (χ3v) is 3.55.